The first-order valence-corrected chi connectivity index (χ1v) is 5.66. The Morgan fingerprint density at radius 3 is 2.76 bits per heavy atom. The summed E-state index contributed by atoms with van der Waals surface area (Å²) in [7, 11) is 1.68. The minimum absolute atomic E-state index is 0.0291. The molecule has 0 aromatic carbocycles. The number of ether oxygens (including phenoxy) is 1. The van der Waals surface area contributed by atoms with E-state index in [0.29, 0.717) is 18.8 Å². The van der Waals surface area contributed by atoms with Crippen LogP contribution in [-0.2, 0) is 4.74 Å². The molecular formula is C12H20FN3O. The predicted molar refractivity (Wildman–Crippen MR) is 65.5 cm³/mol. The number of methoxy groups -OCH3 is 1. The summed E-state index contributed by atoms with van der Waals surface area (Å²) in [6.07, 6.45) is 2.27. The summed E-state index contributed by atoms with van der Waals surface area (Å²) in [4.78, 5) is 7.68. The molecule has 0 saturated heterocycles. The van der Waals surface area contributed by atoms with Gasteiger partial charge >= 0.3 is 0 Å². The summed E-state index contributed by atoms with van der Waals surface area (Å²) in [5.74, 6) is -0.113. The Bertz CT molecular complexity index is 369. The van der Waals surface area contributed by atoms with Gasteiger partial charge in [0.05, 0.1) is 5.69 Å². The van der Waals surface area contributed by atoms with E-state index in [2.05, 4.69) is 29.1 Å². The molecule has 0 aliphatic heterocycles. The second-order valence-electron chi connectivity index (χ2n) is 4.88. The van der Waals surface area contributed by atoms with E-state index in [4.69, 9.17) is 4.74 Å². The second kappa shape index (κ2) is 5.91. The van der Waals surface area contributed by atoms with Crippen molar-refractivity contribution in [2.24, 2.45) is 5.41 Å². The number of rotatable bonds is 6. The van der Waals surface area contributed by atoms with E-state index in [1.54, 1.807) is 14.0 Å². The molecule has 5 heteroatoms. The summed E-state index contributed by atoms with van der Waals surface area (Å²) in [5, 5.41) is 3.02. The van der Waals surface area contributed by atoms with Crippen molar-refractivity contribution in [1.82, 2.24) is 9.97 Å². The number of halogens is 1. The van der Waals surface area contributed by atoms with Gasteiger partial charge in [0.25, 0.3) is 0 Å². The maximum Gasteiger partial charge on any atom is 0.186 e. The fourth-order valence-electron chi connectivity index (χ4n) is 1.37. The molecule has 1 heterocycles. The van der Waals surface area contributed by atoms with E-state index in [1.807, 2.05) is 0 Å². The molecule has 96 valence electrons. The van der Waals surface area contributed by atoms with E-state index in [1.165, 1.54) is 6.33 Å². The molecule has 0 aliphatic rings. The first kappa shape index (κ1) is 13.8. The zero-order valence-corrected chi connectivity index (χ0v) is 10.9. The van der Waals surface area contributed by atoms with Crippen LogP contribution in [0.25, 0.3) is 0 Å². The molecule has 0 amide bonds. The highest BCUT2D eigenvalue weighted by atomic mass is 19.1. The molecule has 0 fully saturated rings. The van der Waals surface area contributed by atoms with E-state index in [-0.39, 0.29) is 17.1 Å². The van der Waals surface area contributed by atoms with E-state index < -0.39 is 0 Å². The van der Waals surface area contributed by atoms with Crippen LogP contribution in [0.4, 0.5) is 10.2 Å². The first-order valence-electron chi connectivity index (χ1n) is 5.66. The van der Waals surface area contributed by atoms with E-state index in [0.717, 1.165) is 6.42 Å². The lowest BCUT2D eigenvalue weighted by molar-refractivity contribution is 0.157. The van der Waals surface area contributed by atoms with Crippen molar-refractivity contribution in [2.75, 3.05) is 25.6 Å². The van der Waals surface area contributed by atoms with Crippen molar-refractivity contribution < 1.29 is 9.13 Å². The largest absolute Gasteiger partial charge is 0.385 e. The number of nitrogens with zero attached hydrogens (tertiary/aromatic N) is 2. The lowest BCUT2D eigenvalue weighted by Gasteiger charge is -2.24. The van der Waals surface area contributed by atoms with E-state index in [9.17, 15) is 4.39 Å². The molecular weight excluding hydrogens is 221 g/mol. The third-order valence-electron chi connectivity index (χ3n) is 2.68. The average Bonchev–Trinajstić information content (AvgIpc) is 2.29. The average molecular weight is 241 g/mol. The van der Waals surface area contributed by atoms with Gasteiger partial charge in [0, 0.05) is 20.3 Å². The van der Waals surface area contributed by atoms with Gasteiger partial charge in [-0.3, -0.25) is 0 Å². The quantitative estimate of drug-likeness (QED) is 0.830. The van der Waals surface area contributed by atoms with Gasteiger partial charge in [0.2, 0.25) is 0 Å². The van der Waals surface area contributed by atoms with Crippen LogP contribution in [-0.4, -0.2) is 30.2 Å². The molecule has 17 heavy (non-hydrogen) atoms. The maximum atomic E-state index is 13.6. The number of hydrogen-bond acceptors (Lipinski definition) is 4. The van der Waals surface area contributed by atoms with Crippen molar-refractivity contribution >= 4 is 5.82 Å². The number of nitrogens with one attached hydrogen (secondary N) is 1. The Morgan fingerprint density at radius 1 is 1.41 bits per heavy atom. The minimum Gasteiger partial charge on any atom is -0.385 e. The van der Waals surface area contributed by atoms with Crippen LogP contribution in [0.2, 0.25) is 0 Å². The summed E-state index contributed by atoms with van der Waals surface area (Å²) in [6, 6.07) is 0. The molecule has 1 N–H and O–H groups in total. The third kappa shape index (κ3) is 4.26. The monoisotopic (exact) mass is 241 g/mol. The Morgan fingerprint density at radius 2 is 2.12 bits per heavy atom. The molecule has 1 aromatic rings. The van der Waals surface area contributed by atoms with Crippen molar-refractivity contribution in [3.63, 3.8) is 0 Å². The SMILES string of the molecule is COCCC(C)(C)CNc1ncnc(C)c1F. The Hall–Kier alpha value is -1.23. The molecule has 0 spiro atoms. The topological polar surface area (TPSA) is 47.0 Å². The summed E-state index contributed by atoms with van der Waals surface area (Å²) in [6.45, 7) is 7.16. The molecule has 0 unspecified atom stereocenters. The predicted octanol–water partition coefficient (Wildman–Crippen LogP) is 2.40. The number of aromatic nitrogens is 2. The second-order valence-corrected chi connectivity index (χ2v) is 4.88. The van der Waals surface area contributed by atoms with Gasteiger partial charge in [-0.05, 0) is 18.8 Å². The maximum absolute atomic E-state index is 13.6. The van der Waals surface area contributed by atoms with Gasteiger partial charge in [0.15, 0.2) is 11.6 Å². The van der Waals surface area contributed by atoms with Gasteiger partial charge in [-0.1, -0.05) is 13.8 Å². The van der Waals surface area contributed by atoms with Crippen molar-refractivity contribution in [1.29, 1.82) is 0 Å². The van der Waals surface area contributed by atoms with Crippen LogP contribution in [0.1, 0.15) is 26.0 Å². The molecule has 0 saturated carbocycles. The van der Waals surface area contributed by atoms with Crippen LogP contribution in [0.5, 0.6) is 0 Å². The lowest BCUT2D eigenvalue weighted by atomic mass is 9.90. The number of anilines is 1. The van der Waals surface area contributed by atoms with E-state index >= 15 is 0 Å². The van der Waals surface area contributed by atoms with Gasteiger partial charge in [-0.15, -0.1) is 0 Å². The highest BCUT2D eigenvalue weighted by Gasteiger charge is 2.18. The Labute approximate surface area is 102 Å². The molecule has 0 aliphatic carbocycles. The Kier molecular flexibility index (Phi) is 4.81. The van der Waals surface area contributed by atoms with Crippen LogP contribution in [0.15, 0.2) is 6.33 Å². The molecule has 0 bridgehead atoms. The fraction of sp³-hybridized carbons (Fsp3) is 0.667. The third-order valence-corrected chi connectivity index (χ3v) is 2.68. The number of aryl methyl sites for hydroxylation is 1. The summed E-state index contributed by atoms with van der Waals surface area (Å²) >= 11 is 0. The zero-order chi connectivity index (χ0) is 12.9. The van der Waals surface area contributed by atoms with Crippen molar-refractivity contribution in [2.45, 2.75) is 27.2 Å². The smallest absolute Gasteiger partial charge is 0.186 e. The summed E-state index contributed by atoms with van der Waals surface area (Å²) in [5.41, 5.74) is 0.388. The minimum atomic E-state index is -0.380. The van der Waals surface area contributed by atoms with Crippen LogP contribution in [0.3, 0.4) is 0 Å². The van der Waals surface area contributed by atoms with Gasteiger partial charge in [-0.25, -0.2) is 14.4 Å². The fourth-order valence-corrected chi connectivity index (χ4v) is 1.37. The number of hydrogen-bond donors (Lipinski definition) is 1. The van der Waals surface area contributed by atoms with Crippen LogP contribution < -0.4 is 5.32 Å². The van der Waals surface area contributed by atoms with Crippen LogP contribution >= 0.6 is 0 Å². The molecule has 1 aromatic heterocycles. The van der Waals surface area contributed by atoms with Crippen LogP contribution in [0, 0.1) is 18.2 Å². The lowest BCUT2D eigenvalue weighted by Crippen LogP contribution is -2.25. The highest BCUT2D eigenvalue weighted by molar-refractivity contribution is 5.36. The first-order chi connectivity index (χ1) is 7.96. The zero-order valence-electron chi connectivity index (χ0n) is 10.9. The highest BCUT2D eigenvalue weighted by Crippen LogP contribution is 2.21. The van der Waals surface area contributed by atoms with Crippen molar-refractivity contribution in [3.05, 3.63) is 17.8 Å². The van der Waals surface area contributed by atoms with Gasteiger partial charge in [0.1, 0.15) is 6.33 Å². The Balaban J connectivity index is 2.58. The molecule has 0 radical (unpaired) electrons. The van der Waals surface area contributed by atoms with Gasteiger partial charge < -0.3 is 10.1 Å². The standard InChI is InChI=1S/C12H20FN3O/c1-9-10(13)11(16-8-15-9)14-7-12(2,3)5-6-17-4/h8H,5-7H2,1-4H3,(H,14,15,16). The van der Waals surface area contributed by atoms with Gasteiger partial charge in [-0.2, -0.15) is 0 Å². The summed E-state index contributed by atoms with van der Waals surface area (Å²) < 4.78 is 18.7. The molecule has 4 nitrogen and oxygen atoms in total. The molecule has 0 atom stereocenters. The van der Waals surface area contributed by atoms with Crippen molar-refractivity contribution in [3.8, 4) is 0 Å². The molecule has 1 rings (SSSR count). The normalized spacial score (nSPS) is 11.6.